The van der Waals surface area contributed by atoms with Crippen LogP contribution in [0.1, 0.15) is 49.0 Å². The van der Waals surface area contributed by atoms with Gasteiger partial charge in [0.25, 0.3) is 5.91 Å². The van der Waals surface area contributed by atoms with Crippen molar-refractivity contribution >= 4 is 27.4 Å². The summed E-state index contributed by atoms with van der Waals surface area (Å²) >= 11 is 0. The molecule has 3 rings (SSSR count). The van der Waals surface area contributed by atoms with E-state index in [4.69, 9.17) is 5.14 Å². The molecule has 0 unspecified atom stereocenters. The Morgan fingerprint density at radius 3 is 2.59 bits per heavy atom. The Labute approximate surface area is 172 Å². The van der Waals surface area contributed by atoms with Crippen molar-refractivity contribution in [2.24, 2.45) is 11.1 Å². The van der Waals surface area contributed by atoms with E-state index in [1.54, 1.807) is 12.1 Å². The number of carbonyl (C=O) groups is 1. The maximum atomic E-state index is 13.1. The number of nitrogens with two attached hydrogens (primary N) is 1. The van der Waals surface area contributed by atoms with Crippen molar-refractivity contribution in [2.45, 2.75) is 44.4 Å². The van der Waals surface area contributed by atoms with Gasteiger partial charge in [0.1, 0.15) is 5.82 Å². The lowest BCUT2D eigenvalue weighted by Crippen LogP contribution is -2.32. The SMILES string of the molecule is CC(C)Cc1cnc(N2CCCCC2)c(C(=O)Nc2cccc(S(N)(=O)=O)c2)c1. The molecule has 1 aromatic heterocycles. The van der Waals surface area contributed by atoms with E-state index in [1.165, 1.54) is 18.6 Å². The van der Waals surface area contributed by atoms with Gasteiger partial charge in [0.05, 0.1) is 10.5 Å². The second kappa shape index (κ2) is 8.92. The van der Waals surface area contributed by atoms with Gasteiger partial charge in [-0.15, -0.1) is 0 Å². The summed E-state index contributed by atoms with van der Waals surface area (Å²) in [6.45, 7) is 5.99. The molecule has 8 heteroatoms. The molecule has 0 radical (unpaired) electrons. The number of primary sulfonamides is 1. The fraction of sp³-hybridized carbons (Fsp3) is 0.429. The Kier molecular flexibility index (Phi) is 6.54. The molecular formula is C21H28N4O3S. The number of hydrogen-bond acceptors (Lipinski definition) is 5. The predicted molar refractivity (Wildman–Crippen MR) is 115 cm³/mol. The fourth-order valence-electron chi connectivity index (χ4n) is 3.56. The quantitative estimate of drug-likeness (QED) is 0.752. The van der Waals surface area contributed by atoms with E-state index in [1.807, 2.05) is 12.3 Å². The lowest BCUT2D eigenvalue weighted by molar-refractivity contribution is 0.102. The smallest absolute Gasteiger partial charge is 0.259 e. The van der Waals surface area contributed by atoms with Gasteiger partial charge in [-0.1, -0.05) is 19.9 Å². The summed E-state index contributed by atoms with van der Waals surface area (Å²) in [6.07, 6.45) is 6.01. The first-order valence-corrected chi connectivity index (χ1v) is 11.5. The maximum absolute atomic E-state index is 13.1. The van der Waals surface area contributed by atoms with Gasteiger partial charge >= 0.3 is 0 Å². The largest absolute Gasteiger partial charge is 0.356 e. The van der Waals surface area contributed by atoms with E-state index in [2.05, 4.69) is 29.0 Å². The number of carbonyl (C=O) groups excluding carboxylic acids is 1. The molecule has 1 fully saturated rings. The van der Waals surface area contributed by atoms with Crippen LogP contribution in [0.2, 0.25) is 0 Å². The highest BCUT2D eigenvalue weighted by Crippen LogP contribution is 2.25. The van der Waals surface area contributed by atoms with E-state index in [0.717, 1.165) is 37.9 Å². The molecule has 1 saturated heterocycles. The molecule has 7 nitrogen and oxygen atoms in total. The van der Waals surface area contributed by atoms with Gasteiger partial charge < -0.3 is 10.2 Å². The van der Waals surface area contributed by atoms with Crippen LogP contribution in [0.15, 0.2) is 41.4 Å². The van der Waals surface area contributed by atoms with E-state index < -0.39 is 10.0 Å². The van der Waals surface area contributed by atoms with Gasteiger partial charge in [0.2, 0.25) is 10.0 Å². The molecule has 0 aliphatic carbocycles. The lowest BCUT2D eigenvalue weighted by atomic mass is 10.0. The van der Waals surface area contributed by atoms with Crippen molar-refractivity contribution in [2.75, 3.05) is 23.3 Å². The van der Waals surface area contributed by atoms with Gasteiger partial charge in [-0.2, -0.15) is 0 Å². The molecule has 1 aromatic carbocycles. The molecule has 3 N–H and O–H groups in total. The predicted octanol–water partition coefficient (Wildman–Crippen LogP) is 3.17. The van der Waals surface area contributed by atoms with Crippen LogP contribution in [0.25, 0.3) is 0 Å². The molecule has 0 atom stereocenters. The third kappa shape index (κ3) is 5.55. The average molecular weight is 417 g/mol. The van der Waals surface area contributed by atoms with E-state index in [0.29, 0.717) is 23.0 Å². The van der Waals surface area contributed by atoms with Crippen molar-refractivity contribution in [1.29, 1.82) is 0 Å². The van der Waals surface area contributed by atoms with Gasteiger partial charge in [0.15, 0.2) is 0 Å². The summed E-state index contributed by atoms with van der Waals surface area (Å²) in [5, 5.41) is 8.00. The highest BCUT2D eigenvalue weighted by Gasteiger charge is 2.21. The zero-order valence-corrected chi connectivity index (χ0v) is 17.7. The average Bonchev–Trinajstić information content (AvgIpc) is 2.67. The number of rotatable bonds is 6. The highest BCUT2D eigenvalue weighted by atomic mass is 32.2. The number of amides is 1. The number of pyridine rings is 1. The van der Waals surface area contributed by atoms with Crippen LogP contribution < -0.4 is 15.4 Å². The summed E-state index contributed by atoms with van der Waals surface area (Å²) in [5.74, 6) is 0.813. The minimum atomic E-state index is -3.84. The van der Waals surface area contributed by atoms with Crippen LogP contribution in [0, 0.1) is 5.92 Å². The number of nitrogens with zero attached hydrogens (tertiary/aromatic N) is 2. The zero-order chi connectivity index (χ0) is 21.0. The molecule has 0 saturated carbocycles. The third-order valence-electron chi connectivity index (χ3n) is 4.89. The first-order chi connectivity index (χ1) is 13.7. The zero-order valence-electron chi connectivity index (χ0n) is 16.9. The molecule has 0 spiro atoms. The van der Waals surface area contributed by atoms with Gasteiger partial charge in [0, 0.05) is 25.0 Å². The Balaban J connectivity index is 1.93. The summed E-state index contributed by atoms with van der Waals surface area (Å²) in [6, 6.07) is 7.84. The number of piperidine rings is 1. The maximum Gasteiger partial charge on any atom is 0.259 e. The molecule has 0 bridgehead atoms. The topological polar surface area (TPSA) is 105 Å². The van der Waals surface area contributed by atoms with Crippen molar-refractivity contribution in [3.63, 3.8) is 0 Å². The van der Waals surface area contributed by atoms with Crippen LogP contribution in [0.4, 0.5) is 11.5 Å². The number of nitrogens with one attached hydrogen (secondary N) is 1. The van der Waals surface area contributed by atoms with E-state index in [9.17, 15) is 13.2 Å². The van der Waals surface area contributed by atoms with Crippen LogP contribution in [0.5, 0.6) is 0 Å². The summed E-state index contributed by atoms with van der Waals surface area (Å²) < 4.78 is 23.2. The lowest BCUT2D eigenvalue weighted by Gasteiger charge is -2.29. The molecule has 1 aliphatic rings. The first kappa shape index (κ1) is 21.3. The number of aromatic nitrogens is 1. The minimum Gasteiger partial charge on any atom is -0.356 e. The monoisotopic (exact) mass is 416 g/mol. The summed E-state index contributed by atoms with van der Waals surface area (Å²) in [7, 11) is -3.84. The van der Waals surface area contributed by atoms with Crippen LogP contribution in [0.3, 0.4) is 0 Å². The van der Waals surface area contributed by atoms with E-state index in [-0.39, 0.29) is 10.8 Å². The molecule has 156 valence electrons. The minimum absolute atomic E-state index is 0.0433. The number of sulfonamides is 1. The Morgan fingerprint density at radius 1 is 1.21 bits per heavy atom. The summed E-state index contributed by atoms with van der Waals surface area (Å²) in [4.78, 5) is 19.8. The molecule has 1 amide bonds. The molecule has 2 heterocycles. The molecule has 1 aliphatic heterocycles. The highest BCUT2D eigenvalue weighted by molar-refractivity contribution is 7.89. The number of anilines is 2. The van der Waals surface area contributed by atoms with Gasteiger partial charge in [-0.3, -0.25) is 4.79 Å². The van der Waals surface area contributed by atoms with E-state index >= 15 is 0 Å². The number of benzene rings is 1. The van der Waals surface area contributed by atoms with Crippen molar-refractivity contribution in [3.8, 4) is 0 Å². The van der Waals surface area contributed by atoms with Crippen LogP contribution >= 0.6 is 0 Å². The van der Waals surface area contributed by atoms with Crippen molar-refractivity contribution in [1.82, 2.24) is 4.98 Å². The number of hydrogen-bond donors (Lipinski definition) is 2. The Hall–Kier alpha value is -2.45. The Bertz CT molecular complexity index is 983. The van der Waals surface area contributed by atoms with Crippen LogP contribution in [-0.2, 0) is 16.4 Å². The van der Waals surface area contributed by atoms with Gasteiger partial charge in [-0.05, 0) is 61.4 Å². The van der Waals surface area contributed by atoms with Crippen molar-refractivity contribution < 1.29 is 13.2 Å². The molecular weight excluding hydrogens is 388 g/mol. The normalized spacial score (nSPS) is 14.8. The Morgan fingerprint density at radius 2 is 1.93 bits per heavy atom. The summed E-state index contributed by atoms with van der Waals surface area (Å²) in [5.41, 5.74) is 1.88. The second-order valence-corrected chi connectivity index (χ2v) is 9.45. The van der Waals surface area contributed by atoms with Crippen LogP contribution in [-0.4, -0.2) is 32.4 Å². The fourth-order valence-corrected chi connectivity index (χ4v) is 4.12. The first-order valence-electron chi connectivity index (χ1n) is 9.92. The van der Waals surface area contributed by atoms with Gasteiger partial charge in [-0.25, -0.2) is 18.5 Å². The standard InChI is InChI=1S/C21H28N4O3S/c1-15(2)11-16-12-19(20(23-14-16)25-9-4-3-5-10-25)21(26)24-17-7-6-8-18(13-17)29(22,27)28/h6-8,12-15H,3-5,9-11H2,1-2H3,(H,24,26)(H2,22,27,28). The molecule has 2 aromatic rings. The second-order valence-electron chi connectivity index (χ2n) is 7.89. The third-order valence-corrected chi connectivity index (χ3v) is 5.80. The van der Waals surface area contributed by atoms with Crippen molar-refractivity contribution in [3.05, 3.63) is 47.7 Å². The molecule has 29 heavy (non-hydrogen) atoms.